The quantitative estimate of drug-likeness (QED) is 0.667. The third-order valence-electron chi connectivity index (χ3n) is 1.68. The molecule has 14 heavy (non-hydrogen) atoms. The maximum absolute atomic E-state index is 10.4. The minimum Gasteiger partial charge on any atom is -0.370 e. The average molecular weight is 194 g/mol. The van der Waals surface area contributed by atoms with Crippen LogP contribution in [0.4, 0.5) is 5.82 Å². The molecule has 0 spiro atoms. The molecule has 0 saturated heterocycles. The molecule has 0 fully saturated rings. The highest BCUT2D eigenvalue weighted by molar-refractivity contribution is 5.73. The second-order valence-corrected chi connectivity index (χ2v) is 2.99. The van der Waals surface area contributed by atoms with Gasteiger partial charge in [0, 0.05) is 19.2 Å². The summed E-state index contributed by atoms with van der Waals surface area (Å²) in [7, 11) is 0. The number of carbonyl (C=O) groups excluding carboxylic acids is 1. The molecule has 5 nitrogen and oxygen atoms in total. The zero-order chi connectivity index (χ0) is 10.4. The normalized spacial score (nSPS) is 9.79. The monoisotopic (exact) mass is 194 g/mol. The molecule has 0 radical (unpaired) electrons. The van der Waals surface area contributed by atoms with Crippen molar-refractivity contribution >= 4 is 11.7 Å². The van der Waals surface area contributed by atoms with E-state index in [1.807, 2.05) is 6.92 Å². The van der Waals surface area contributed by atoms with Crippen molar-refractivity contribution in [2.45, 2.75) is 19.8 Å². The van der Waals surface area contributed by atoms with E-state index in [9.17, 15) is 4.79 Å². The molecule has 1 rings (SSSR count). The predicted molar refractivity (Wildman–Crippen MR) is 53.7 cm³/mol. The molecule has 1 aromatic heterocycles. The van der Waals surface area contributed by atoms with Gasteiger partial charge in [-0.2, -0.15) is 0 Å². The number of aromatic nitrogens is 2. The Kier molecular flexibility index (Phi) is 3.84. The van der Waals surface area contributed by atoms with Crippen LogP contribution in [-0.4, -0.2) is 22.4 Å². The summed E-state index contributed by atoms with van der Waals surface area (Å²) >= 11 is 0. The van der Waals surface area contributed by atoms with Crippen molar-refractivity contribution in [3.05, 3.63) is 18.1 Å². The van der Waals surface area contributed by atoms with Gasteiger partial charge in [0.15, 0.2) is 0 Å². The van der Waals surface area contributed by atoms with Crippen molar-refractivity contribution in [1.29, 1.82) is 0 Å². The Morgan fingerprint density at radius 3 is 3.07 bits per heavy atom. The van der Waals surface area contributed by atoms with Crippen molar-refractivity contribution in [3.63, 3.8) is 0 Å². The van der Waals surface area contributed by atoms with Gasteiger partial charge < -0.3 is 11.1 Å². The molecule has 5 heteroatoms. The number of nitrogens with zero attached hydrogens (tertiary/aromatic N) is 2. The second-order valence-electron chi connectivity index (χ2n) is 2.99. The van der Waals surface area contributed by atoms with Crippen LogP contribution in [-0.2, 0) is 4.79 Å². The van der Waals surface area contributed by atoms with E-state index in [-0.39, 0.29) is 5.91 Å². The highest BCUT2D eigenvalue weighted by Gasteiger charge is 1.96. The molecular weight excluding hydrogens is 180 g/mol. The van der Waals surface area contributed by atoms with E-state index in [1.54, 1.807) is 12.3 Å². The van der Waals surface area contributed by atoms with Crippen LogP contribution in [0.5, 0.6) is 0 Å². The molecule has 76 valence electrons. The number of hydrogen-bond donors (Lipinski definition) is 2. The fraction of sp³-hybridized carbons (Fsp3) is 0.444. The summed E-state index contributed by atoms with van der Waals surface area (Å²) in [6.07, 6.45) is 2.81. The van der Waals surface area contributed by atoms with Gasteiger partial charge in [-0.05, 0) is 19.4 Å². The van der Waals surface area contributed by atoms with Crippen LogP contribution in [0.2, 0.25) is 0 Å². The average Bonchev–Trinajstić information content (AvgIpc) is 2.12. The predicted octanol–water partition coefficient (Wildman–Crippen LogP) is 0.462. The molecule has 3 N–H and O–H groups in total. The number of hydrogen-bond acceptors (Lipinski definition) is 4. The Labute approximate surface area is 82.7 Å². The molecule has 1 amide bonds. The summed E-state index contributed by atoms with van der Waals surface area (Å²) in [5.41, 5.74) is 5.00. The fourth-order valence-corrected chi connectivity index (χ4v) is 1.03. The molecule has 0 aromatic carbocycles. The van der Waals surface area contributed by atoms with Gasteiger partial charge in [0.1, 0.15) is 11.6 Å². The van der Waals surface area contributed by atoms with Gasteiger partial charge in [-0.3, -0.25) is 4.79 Å². The van der Waals surface area contributed by atoms with Crippen LogP contribution < -0.4 is 11.1 Å². The second kappa shape index (κ2) is 5.16. The molecule has 0 unspecified atom stereocenters. The minimum atomic E-state index is -0.273. The van der Waals surface area contributed by atoms with Gasteiger partial charge in [-0.1, -0.05) is 0 Å². The Morgan fingerprint density at radius 2 is 2.43 bits per heavy atom. The first-order valence-electron chi connectivity index (χ1n) is 4.50. The van der Waals surface area contributed by atoms with Gasteiger partial charge in [-0.15, -0.1) is 0 Å². The molecule has 1 aromatic rings. The third kappa shape index (κ3) is 3.84. The molecule has 0 bridgehead atoms. The van der Waals surface area contributed by atoms with Crippen LogP contribution in [0.25, 0.3) is 0 Å². The van der Waals surface area contributed by atoms with E-state index in [4.69, 9.17) is 5.73 Å². The van der Waals surface area contributed by atoms with Gasteiger partial charge in [0.25, 0.3) is 0 Å². The van der Waals surface area contributed by atoms with Crippen LogP contribution >= 0.6 is 0 Å². The number of carbonyl (C=O) groups is 1. The summed E-state index contributed by atoms with van der Waals surface area (Å²) in [6, 6.07) is 1.79. The minimum absolute atomic E-state index is 0.273. The van der Waals surface area contributed by atoms with Gasteiger partial charge >= 0.3 is 0 Å². The van der Waals surface area contributed by atoms with Crippen LogP contribution in [0.1, 0.15) is 18.7 Å². The fourth-order valence-electron chi connectivity index (χ4n) is 1.03. The maximum atomic E-state index is 10.4. The maximum Gasteiger partial charge on any atom is 0.217 e. The Morgan fingerprint density at radius 1 is 1.64 bits per heavy atom. The van der Waals surface area contributed by atoms with Crippen molar-refractivity contribution in [1.82, 2.24) is 9.97 Å². The zero-order valence-electron chi connectivity index (χ0n) is 8.16. The lowest BCUT2D eigenvalue weighted by atomic mass is 10.3. The Hall–Kier alpha value is -1.65. The number of anilines is 1. The van der Waals surface area contributed by atoms with Gasteiger partial charge in [0.2, 0.25) is 5.91 Å². The van der Waals surface area contributed by atoms with Gasteiger partial charge in [-0.25, -0.2) is 9.97 Å². The van der Waals surface area contributed by atoms with Crippen LogP contribution in [0.3, 0.4) is 0 Å². The number of rotatable bonds is 5. The summed E-state index contributed by atoms with van der Waals surface area (Å²) in [4.78, 5) is 18.6. The third-order valence-corrected chi connectivity index (χ3v) is 1.68. The number of amides is 1. The molecule has 0 aliphatic heterocycles. The molecule has 0 aliphatic rings. The van der Waals surface area contributed by atoms with E-state index in [0.717, 1.165) is 18.1 Å². The number of aryl methyl sites for hydroxylation is 1. The first-order valence-corrected chi connectivity index (χ1v) is 4.50. The highest BCUT2D eigenvalue weighted by Crippen LogP contribution is 2.01. The SMILES string of the molecule is Cc1nccc(NCCCC(N)=O)n1. The van der Waals surface area contributed by atoms with Crippen molar-refractivity contribution < 1.29 is 4.79 Å². The summed E-state index contributed by atoms with van der Waals surface area (Å²) < 4.78 is 0. The van der Waals surface area contributed by atoms with Crippen LogP contribution in [0.15, 0.2) is 12.3 Å². The van der Waals surface area contributed by atoms with Crippen molar-refractivity contribution in [3.8, 4) is 0 Å². The molecule has 1 heterocycles. The summed E-state index contributed by atoms with van der Waals surface area (Å²) in [5.74, 6) is 1.23. The van der Waals surface area contributed by atoms with E-state index >= 15 is 0 Å². The number of nitrogens with one attached hydrogen (secondary N) is 1. The van der Waals surface area contributed by atoms with Crippen molar-refractivity contribution in [2.24, 2.45) is 5.73 Å². The van der Waals surface area contributed by atoms with E-state index < -0.39 is 0 Å². The first kappa shape index (κ1) is 10.4. The lowest BCUT2D eigenvalue weighted by molar-refractivity contribution is -0.118. The zero-order valence-corrected chi connectivity index (χ0v) is 8.16. The summed E-state index contributed by atoms with van der Waals surface area (Å²) in [6.45, 7) is 2.52. The van der Waals surface area contributed by atoms with E-state index in [2.05, 4.69) is 15.3 Å². The highest BCUT2D eigenvalue weighted by atomic mass is 16.1. The van der Waals surface area contributed by atoms with Crippen LogP contribution in [0, 0.1) is 6.92 Å². The molecule has 0 aliphatic carbocycles. The Balaban J connectivity index is 2.28. The molecule has 0 atom stereocenters. The van der Waals surface area contributed by atoms with Gasteiger partial charge in [0.05, 0.1) is 0 Å². The lowest BCUT2D eigenvalue weighted by Crippen LogP contribution is -2.13. The first-order chi connectivity index (χ1) is 6.68. The smallest absolute Gasteiger partial charge is 0.217 e. The molecule has 0 saturated carbocycles. The Bertz CT molecular complexity index is 313. The van der Waals surface area contributed by atoms with E-state index in [0.29, 0.717) is 13.0 Å². The number of nitrogens with two attached hydrogens (primary N) is 1. The summed E-state index contributed by atoms with van der Waals surface area (Å²) in [5, 5.41) is 3.08. The standard InChI is InChI=1S/C9H14N4O/c1-7-11-6-4-9(13-7)12-5-2-3-8(10)14/h4,6H,2-3,5H2,1H3,(H2,10,14)(H,11,12,13). The van der Waals surface area contributed by atoms with E-state index in [1.165, 1.54) is 0 Å². The largest absolute Gasteiger partial charge is 0.370 e. The lowest BCUT2D eigenvalue weighted by Gasteiger charge is -2.04. The topological polar surface area (TPSA) is 80.9 Å². The van der Waals surface area contributed by atoms with Crippen molar-refractivity contribution in [2.75, 3.05) is 11.9 Å². The molecular formula is C9H14N4O. The number of primary amides is 1.